The Bertz CT molecular complexity index is 2170. The summed E-state index contributed by atoms with van der Waals surface area (Å²) in [6.45, 7) is 26.0. The Hall–Kier alpha value is -4.80. The molecule has 1 saturated heterocycles. The highest BCUT2D eigenvalue weighted by molar-refractivity contribution is 5.81. The second-order valence-electron chi connectivity index (χ2n) is 27.0. The van der Waals surface area contributed by atoms with Crippen LogP contribution in [0.3, 0.4) is 0 Å². The number of nitrogens with one attached hydrogen (secondary N) is 5. The lowest BCUT2D eigenvalue weighted by molar-refractivity contribution is -0.311. The van der Waals surface area contributed by atoms with E-state index in [1.54, 1.807) is 110 Å². The number of ether oxygens (including phenoxy) is 9. The van der Waals surface area contributed by atoms with Gasteiger partial charge in [-0.15, -0.1) is 0 Å². The minimum Gasteiger partial charge on any atom is -0.466 e. The third-order valence-corrected chi connectivity index (χ3v) is 13.0. The third-order valence-electron chi connectivity index (χ3n) is 13.0. The number of rotatable bonds is 19. The molecule has 2 saturated carbocycles. The first kappa shape index (κ1) is 68.7. The Labute approximate surface area is 476 Å². The lowest BCUT2D eigenvalue weighted by Crippen LogP contribution is -2.71. The van der Waals surface area contributed by atoms with Gasteiger partial charge in [0.25, 0.3) is 0 Å². The van der Waals surface area contributed by atoms with Crippen LogP contribution in [0.25, 0.3) is 0 Å². The van der Waals surface area contributed by atoms with Crippen LogP contribution in [0.1, 0.15) is 156 Å². The molecule has 2 aliphatic carbocycles. The van der Waals surface area contributed by atoms with Gasteiger partial charge in [-0.25, -0.2) is 19.2 Å². The largest absolute Gasteiger partial charge is 0.466 e. The van der Waals surface area contributed by atoms with Gasteiger partial charge in [0.05, 0.1) is 42.9 Å². The number of hydrogen-bond donors (Lipinski definition) is 10. The summed E-state index contributed by atoms with van der Waals surface area (Å²) >= 11 is 0. The average Bonchev–Trinajstić information content (AvgIpc) is 3.25. The molecule has 4 rings (SSSR count). The van der Waals surface area contributed by atoms with Crippen molar-refractivity contribution in [3.8, 4) is 0 Å². The van der Waals surface area contributed by atoms with E-state index in [0.29, 0.717) is 25.0 Å². The van der Waals surface area contributed by atoms with E-state index in [0.717, 1.165) is 4.90 Å². The molecule has 2 heterocycles. The molecule has 4 aliphatic rings. The minimum absolute atomic E-state index is 0.0613. The Morgan fingerprint density at radius 3 is 1.75 bits per heavy atom. The molecule has 10 N–H and O–H groups in total. The smallest absolute Gasteiger partial charge is 0.410 e. The number of nitrogens with zero attached hydrogens (tertiary/aromatic N) is 1. The molecule has 0 aromatic carbocycles. The van der Waals surface area contributed by atoms with Crippen LogP contribution < -0.4 is 26.6 Å². The summed E-state index contributed by atoms with van der Waals surface area (Å²) in [6.07, 6.45) is -12.7. The monoisotopic (exact) mass is 1160 g/mol. The van der Waals surface area contributed by atoms with Crippen molar-refractivity contribution in [3.05, 3.63) is 11.8 Å². The van der Waals surface area contributed by atoms with E-state index < -0.39 is 143 Å². The van der Waals surface area contributed by atoms with Gasteiger partial charge >= 0.3 is 30.3 Å². The lowest BCUT2D eigenvalue weighted by atomic mass is 9.69. The van der Waals surface area contributed by atoms with Crippen molar-refractivity contribution in [2.75, 3.05) is 33.3 Å². The summed E-state index contributed by atoms with van der Waals surface area (Å²) in [5.41, 5.74) is -7.32. The van der Waals surface area contributed by atoms with Crippen LogP contribution in [-0.2, 0) is 52.2 Å². The first-order chi connectivity index (χ1) is 36.9. The van der Waals surface area contributed by atoms with Crippen molar-refractivity contribution in [2.24, 2.45) is 5.92 Å². The molecular weight excluding hydrogens is 1060 g/mol. The fourth-order valence-electron chi connectivity index (χ4n) is 9.77. The van der Waals surface area contributed by atoms with Gasteiger partial charge in [-0.05, 0) is 161 Å². The molecule has 3 fully saturated rings. The fourth-order valence-corrected chi connectivity index (χ4v) is 9.77. The van der Waals surface area contributed by atoms with Crippen LogP contribution in [0.4, 0.5) is 19.2 Å². The van der Waals surface area contributed by atoms with Gasteiger partial charge < -0.3 is 99.6 Å². The van der Waals surface area contributed by atoms with Gasteiger partial charge in [-0.1, -0.05) is 0 Å². The third kappa shape index (κ3) is 22.7. The van der Waals surface area contributed by atoms with Crippen molar-refractivity contribution < 1.29 is 96.9 Å². The number of hydrogen-bond acceptors (Lipinski definition) is 21. The topological polar surface area (TPSA) is 350 Å². The van der Waals surface area contributed by atoms with Gasteiger partial charge in [0.15, 0.2) is 6.29 Å². The number of esters is 1. The summed E-state index contributed by atoms with van der Waals surface area (Å²) in [4.78, 5) is 80.1. The first-order valence-electron chi connectivity index (χ1n) is 27.8. The van der Waals surface area contributed by atoms with E-state index in [4.69, 9.17) is 42.6 Å². The Morgan fingerprint density at radius 1 is 0.704 bits per heavy atom. The van der Waals surface area contributed by atoms with Crippen LogP contribution in [0.2, 0.25) is 0 Å². The summed E-state index contributed by atoms with van der Waals surface area (Å²) in [5, 5.41) is 72.7. The van der Waals surface area contributed by atoms with Crippen LogP contribution in [-0.4, -0.2) is 206 Å². The van der Waals surface area contributed by atoms with E-state index >= 15 is 0 Å². The number of likely N-dealkylation sites (N-methyl/N-ethyl adjacent to an activating group) is 1. The van der Waals surface area contributed by atoms with Crippen molar-refractivity contribution >= 4 is 36.2 Å². The van der Waals surface area contributed by atoms with Crippen molar-refractivity contribution in [3.63, 3.8) is 0 Å². The number of aliphatic hydroxyl groups is 5. The number of alkyl carbamates (subject to hydrolysis) is 3. The zero-order valence-corrected chi connectivity index (χ0v) is 50.6. The average molecular weight is 1160 g/mol. The van der Waals surface area contributed by atoms with Crippen molar-refractivity contribution in [1.29, 1.82) is 0 Å². The number of amides is 5. The normalized spacial score (nSPS) is 30.4. The maximum Gasteiger partial charge on any atom is 0.410 e. The maximum absolute atomic E-state index is 13.9. The molecule has 81 heavy (non-hydrogen) atoms. The second kappa shape index (κ2) is 27.3. The zero-order valence-electron chi connectivity index (χ0n) is 50.6. The Kier molecular flexibility index (Phi) is 23.1. The minimum atomic E-state index is -1.94. The summed E-state index contributed by atoms with van der Waals surface area (Å²) < 4.78 is 52.9. The Balaban J connectivity index is 1.69. The number of carbonyl (C=O) groups excluding carboxylic acids is 6. The van der Waals surface area contributed by atoms with Gasteiger partial charge in [0.1, 0.15) is 69.9 Å². The molecular formula is C55H96N6O20. The van der Waals surface area contributed by atoms with E-state index in [1.807, 2.05) is 0 Å². The number of carbonyl (C=O) groups is 6. The fraction of sp³-hybridized carbons (Fsp3) is 0.855. The van der Waals surface area contributed by atoms with E-state index in [2.05, 4.69) is 26.6 Å². The van der Waals surface area contributed by atoms with Gasteiger partial charge in [0.2, 0.25) is 12.2 Å². The molecule has 0 bridgehead atoms. The summed E-state index contributed by atoms with van der Waals surface area (Å²) in [5.74, 6) is -0.884. The van der Waals surface area contributed by atoms with E-state index in [1.165, 1.54) is 14.0 Å². The molecule has 12 atom stereocenters. The lowest BCUT2D eigenvalue weighted by Gasteiger charge is -2.50. The highest BCUT2D eigenvalue weighted by atomic mass is 16.7. The van der Waals surface area contributed by atoms with E-state index in [-0.39, 0.29) is 57.2 Å². The van der Waals surface area contributed by atoms with E-state index in [9.17, 15) is 54.3 Å². The van der Waals surface area contributed by atoms with Gasteiger partial charge in [-0.3, -0.25) is 9.59 Å². The predicted molar refractivity (Wildman–Crippen MR) is 291 cm³/mol. The van der Waals surface area contributed by atoms with Crippen LogP contribution >= 0.6 is 0 Å². The molecule has 0 unspecified atom stereocenters. The SMILES string of the molecule is CN(C(=O)OC(C)(C)C)[C@@H]1[C@@H](O)[C@@H](O[C@@H]2[C@@H](O)[C@H](O[C@H]3OC(CNCC4(O)CC(CCC(=O)OC(C)(C)C)C4)=CC[C@H]3NC(=O)OC(C)(C)C)[C@@H](NC(=O)OC(C)(C)C)C[C@H]2NC(=O)[C@@H](O)CCNC(=O)OC(C)(C)C)OC[C@]1(C)O. The number of aliphatic hydroxyl groups excluding tert-OH is 3. The molecule has 26 heteroatoms. The zero-order chi connectivity index (χ0) is 61.4. The predicted octanol–water partition coefficient (Wildman–Crippen LogP) is 3.26. The molecule has 0 spiro atoms. The quantitative estimate of drug-likeness (QED) is 0.0655. The van der Waals surface area contributed by atoms with Crippen LogP contribution in [0, 0.1) is 5.92 Å². The molecule has 466 valence electrons. The summed E-state index contributed by atoms with van der Waals surface area (Å²) in [6, 6.07) is -5.14. The summed E-state index contributed by atoms with van der Waals surface area (Å²) in [7, 11) is 1.30. The molecule has 0 radical (unpaired) electrons. The first-order valence-corrected chi connectivity index (χ1v) is 27.8. The molecule has 26 nitrogen and oxygen atoms in total. The standard InChI is InChI=1S/C55H96N6O20/c1-49(2,3)77-36(63)21-18-30-25-55(72,26-30)28-56-27-31-19-20-32(59-46(68)79-51(7,8)9)43(74-31)75-40-34(60-47(69)80-52(10,11)12)24-33(58-42(66)35(62)22-23-57-45(67)78-50(4,5)6)39(37(40)64)76-44-38(65)41(54(16,71)29-73-44)61(17)48(70)81-53(13,14)15/h19,30,32-35,37-41,43-44,56,62,64-65,71-72H,18,20-29H2,1-17H3,(H,57,67)(H,58,66)(H,59,68)(H,60,69)/t30?,32-,33-,34+,35+,37-,38-,39+,40-,41-,43-,44-,54+,55?/m1/s1. The highest BCUT2D eigenvalue weighted by Crippen LogP contribution is 2.41. The second-order valence-corrected chi connectivity index (χ2v) is 27.0. The maximum atomic E-state index is 13.9. The van der Waals surface area contributed by atoms with Crippen molar-refractivity contribution in [2.45, 2.75) is 262 Å². The highest BCUT2D eigenvalue weighted by Gasteiger charge is 2.55. The Morgan fingerprint density at radius 2 is 1.21 bits per heavy atom. The molecule has 2 aliphatic heterocycles. The van der Waals surface area contributed by atoms with Gasteiger partial charge in [0, 0.05) is 26.6 Å². The van der Waals surface area contributed by atoms with Crippen molar-refractivity contribution in [1.82, 2.24) is 31.5 Å². The molecule has 5 amide bonds. The van der Waals surface area contributed by atoms with Crippen LogP contribution in [0.15, 0.2) is 11.8 Å². The molecule has 0 aromatic rings. The van der Waals surface area contributed by atoms with Crippen LogP contribution in [0.5, 0.6) is 0 Å². The van der Waals surface area contributed by atoms with Gasteiger partial charge in [-0.2, -0.15) is 0 Å². The molecule has 0 aromatic heterocycles.